The molecule has 1 aliphatic carbocycles. The molecule has 0 amide bonds. The first-order valence-electron chi connectivity index (χ1n) is 6.67. The van der Waals surface area contributed by atoms with Gasteiger partial charge in [-0.05, 0) is 31.7 Å². The van der Waals surface area contributed by atoms with Crippen molar-refractivity contribution in [3.05, 3.63) is 23.7 Å². The summed E-state index contributed by atoms with van der Waals surface area (Å²) in [6.45, 7) is 0. The number of aryl methyl sites for hydroxylation is 1. The van der Waals surface area contributed by atoms with E-state index in [4.69, 9.17) is 4.42 Å². The van der Waals surface area contributed by atoms with E-state index in [9.17, 15) is 8.42 Å². The van der Waals surface area contributed by atoms with Gasteiger partial charge in [0.2, 0.25) is 0 Å². The zero-order chi connectivity index (χ0) is 12.6. The van der Waals surface area contributed by atoms with Crippen LogP contribution >= 0.6 is 0 Å². The molecule has 0 spiro atoms. The van der Waals surface area contributed by atoms with E-state index in [1.54, 1.807) is 6.26 Å². The molecule has 0 bridgehead atoms. The maximum absolute atomic E-state index is 11.6. The Morgan fingerprint density at radius 3 is 3.00 bits per heavy atom. The third-order valence-corrected chi connectivity index (χ3v) is 5.77. The standard InChI is InChI=1S/C13H19NO3S/c15-18(16)8-2-3-10(9-18)14-12-4-1-5-13-11(12)6-7-17-13/h6-7,10,12,14H,1-5,8-9H2. The Hall–Kier alpha value is -0.810. The average molecular weight is 269 g/mol. The van der Waals surface area contributed by atoms with Crippen LogP contribution in [0.4, 0.5) is 0 Å². The Balaban J connectivity index is 1.71. The molecule has 2 unspecified atom stereocenters. The van der Waals surface area contributed by atoms with Gasteiger partial charge in [0.05, 0.1) is 17.8 Å². The van der Waals surface area contributed by atoms with Crippen molar-refractivity contribution in [3.63, 3.8) is 0 Å². The van der Waals surface area contributed by atoms with E-state index in [1.165, 1.54) is 5.56 Å². The van der Waals surface area contributed by atoms with Gasteiger partial charge in [0.15, 0.2) is 9.84 Å². The number of fused-ring (bicyclic) bond motifs is 1. The summed E-state index contributed by atoms with van der Waals surface area (Å²) in [5.41, 5.74) is 1.23. The number of furan rings is 1. The van der Waals surface area contributed by atoms with Crippen molar-refractivity contribution in [1.29, 1.82) is 0 Å². The molecule has 2 atom stereocenters. The van der Waals surface area contributed by atoms with Gasteiger partial charge in [-0.2, -0.15) is 0 Å². The molecule has 0 saturated carbocycles. The number of rotatable bonds is 2. The summed E-state index contributed by atoms with van der Waals surface area (Å²) >= 11 is 0. The molecule has 18 heavy (non-hydrogen) atoms. The van der Waals surface area contributed by atoms with E-state index in [0.29, 0.717) is 5.75 Å². The van der Waals surface area contributed by atoms with E-state index in [0.717, 1.165) is 37.9 Å². The van der Waals surface area contributed by atoms with Crippen LogP contribution in [0.5, 0.6) is 0 Å². The summed E-state index contributed by atoms with van der Waals surface area (Å²) in [7, 11) is -2.83. The van der Waals surface area contributed by atoms with Gasteiger partial charge < -0.3 is 9.73 Å². The van der Waals surface area contributed by atoms with Crippen molar-refractivity contribution in [2.75, 3.05) is 11.5 Å². The highest BCUT2D eigenvalue weighted by Gasteiger charge is 2.29. The van der Waals surface area contributed by atoms with Gasteiger partial charge in [0.25, 0.3) is 0 Å². The van der Waals surface area contributed by atoms with Gasteiger partial charge in [-0.25, -0.2) is 8.42 Å². The van der Waals surface area contributed by atoms with Gasteiger partial charge in [-0.3, -0.25) is 0 Å². The molecular formula is C13H19NO3S. The molecule has 4 nitrogen and oxygen atoms in total. The lowest BCUT2D eigenvalue weighted by atomic mass is 9.92. The highest BCUT2D eigenvalue weighted by atomic mass is 32.2. The van der Waals surface area contributed by atoms with Gasteiger partial charge in [0.1, 0.15) is 5.76 Å². The molecule has 1 aromatic heterocycles. The molecule has 1 aromatic rings. The first-order chi connectivity index (χ1) is 8.64. The van der Waals surface area contributed by atoms with E-state index in [1.807, 2.05) is 6.07 Å². The lowest BCUT2D eigenvalue weighted by molar-refractivity contribution is 0.367. The van der Waals surface area contributed by atoms with Crippen molar-refractivity contribution < 1.29 is 12.8 Å². The molecule has 2 heterocycles. The van der Waals surface area contributed by atoms with Crippen LogP contribution in [-0.4, -0.2) is 26.0 Å². The van der Waals surface area contributed by atoms with E-state index >= 15 is 0 Å². The largest absolute Gasteiger partial charge is 0.469 e. The Morgan fingerprint density at radius 2 is 2.17 bits per heavy atom. The molecule has 3 rings (SSSR count). The smallest absolute Gasteiger partial charge is 0.151 e. The molecule has 100 valence electrons. The van der Waals surface area contributed by atoms with Crippen molar-refractivity contribution in [3.8, 4) is 0 Å². The lowest BCUT2D eigenvalue weighted by Gasteiger charge is -2.30. The number of hydrogen-bond donors (Lipinski definition) is 1. The van der Waals surface area contributed by atoms with Gasteiger partial charge in [0, 0.05) is 24.1 Å². The van der Waals surface area contributed by atoms with E-state index in [2.05, 4.69) is 5.32 Å². The third kappa shape index (κ3) is 2.47. The second-order valence-electron chi connectivity index (χ2n) is 5.36. The van der Waals surface area contributed by atoms with Crippen molar-refractivity contribution in [1.82, 2.24) is 5.32 Å². The maximum atomic E-state index is 11.6. The highest BCUT2D eigenvalue weighted by molar-refractivity contribution is 7.91. The first kappa shape index (κ1) is 12.2. The fourth-order valence-electron chi connectivity index (χ4n) is 3.10. The molecular weight excluding hydrogens is 250 g/mol. The zero-order valence-electron chi connectivity index (χ0n) is 10.4. The second kappa shape index (κ2) is 4.70. The number of nitrogens with one attached hydrogen (secondary N) is 1. The fraction of sp³-hybridized carbons (Fsp3) is 0.692. The molecule has 0 aromatic carbocycles. The van der Waals surface area contributed by atoms with Crippen LogP contribution in [0, 0.1) is 0 Å². The van der Waals surface area contributed by atoms with Gasteiger partial charge in [-0.15, -0.1) is 0 Å². The Kier molecular flexibility index (Phi) is 3.20. The van der Waals surface area contributed by atoms with Crippen LogP contribution < -0.4 is 5.32 Å². The highest BCUT2D eigenvalue weighted by Crippen LogP contribution is 2.31. The maximum Gasteiger partial charge on any atom is 0.151 e. The minimum Gasteiger partial charge on any atom is -0.469 e. The lowest BCUT2D eigenvalue weighted by Crippen LogP contribution is -2.42. The molecule has 2 aliphatic rings. The summed E-state index contributed by atoms with van der Waals surface area (Å²) < 4.78 is 28.7. The molecule has 5 heteroatoms. The minimum atomic E-state index is -2.83. The van der Waals surface area contributed by atoms with Crippen LogP contribution in [0.15, 0.2) is 16.7 Å². The number of hydrogen-bond acceptors (Lipinski definition) is 4. The Bertz CT molecular complexity index is 520. The molecule has 1 N–H and O–H groups in total. The van der Waals surface area contributed by atoms with Crippen LogP contribution in [0.2, 0.25) is 0 Å². The van der Waals surface area contributed by atoms with Crippen molar-refractivity contribution in [2.45, 2.75) is 44.2 Å². The Morgan fingerprint density at radius 1 is 1.28 bits per heavy atom. The van der Waals surface area contributed by atoms with Crippen molar-refractivity contribution in [2.24, 2.45) is 0 Å². The SMILES string of the molecule is O=S1(=O)CCCC(NC2CCCc3occc32)C1. The summed E-state index contributed by atoms with van der Waals surface area (Å²) in [4.78, 5) is 0. The predicted octanol–water partition coefficient (Wildman–Crippen LogP) is 1.82. The topological polar surface area (TPSA) is 59.3 Å². The molecule has 1 fully saturated rings. The van der Waals surface area contributed by atoms with Gasteiger partial charge >= 0.3 is 0 Å². The molecule has 0 radical (unpaired) electrons. The predicted molar refractivity (Wildman–Crippen MR) is 69.2 cm³/mol. The summed E-state index contributed by atoms with van der Waals surface area (Å²) in [6, 6.07) is 2.39. The molecule has 1 saturated heterocycles. The molecule has 1 aliphatic heterocycles. The second-order valence-corrected chi connectivity index (χ2v) is 7.59. The number of sulfone groups is 1. The summed E-state index contributed by atoms with van der Waals surface area (Å²) in [5, 5.41) is 3.52. The minimum absolute atomic E-state index is 0.106. The van der Waals surface area contributed by atoms with Crippen LogP contribution in [0.1, 0.15) is 43.0 Å². The first-order valence-corrected chi connectivity index (χ1v) is 8.49. The normalized spacial score (nSPS) is 30.9. The third-order valence-electron chi connectivity index (χ3n) is 3.95. The fourth-order valence-corrected chi connectivity index (χ4v) is 4.75. The van der Waals surface area contributed by atoms with Crippen LogP contribution in [0.25, 0.3) is 0 Å². The van der Waals surface area contributed by atoms with Crippen molar-refractivity contribution >= 4 is 9.84 Å². The quantitative estimate of drug-likeness (QED) is 0.889. The van der Waals surface area contributed by atoms with E-state index in [-0.39, 0.29) is 17.8 Å². The van der Waals surface area contributed by atoms with Crippen LogP contribution in [-0.2, 0) is 16.3 Å². The summed E-state index contributed by atoms with van der Waals surface area (Å²) in [6.07, 6.45) is 6.67. The Labute approximate surface area is 108 Å². The van der Waals surface area contributed by atoms with E-state index < -0.39 is 9.84 Å². The monoisotopic (exact) mass is 269 g/mol. The average Bonchev–Trinajstić information content (AvgIpc) is 2.77. The van der Waals surface area contributed by atoms with Crippen LogP contribution in [0.3, 0.4) is 0 Å². The summed E-state index contributed by atoms with van der Waals surface area (Å²) in [5.74, 6) is 1.71. The zero-order valence-corrected chi connectivity index (χ0v) is 11.2. The van der Waals surface area contributed by atoms with Gasteiger partial charge in [-0.1, -0.05) is 0 Å².